The second kappa shape index (κ2) is 7.64. The fourth-order valence-corrected chi connectivity index (χ4v) is 9.32. The van der Waals surface area contributed by atoms with E-state index in [1.165, 1.54) is 17.8 Å². The number of aromatic nitrogens is 2. The second-order valence-corrected chi connectivity index (χ2v) is 13.3. The van der Waals surface area contributed by atoms with Crippen molar-refractivity contribution >= 4 is 18.1 Å². The van der Waals surface area contributed by atoms with Crippen molar-refractivity contribution in [2.45, 2.75) is 83.9 Å². The van der Waals surface area contributed by atoms with Crippen LogP contribution in [0.3, 0.4) is 0 Å². The Bertz CT molecular complexity index is 1400. The molecule has 0 bridgehead atoms. The topological polar surface area (TPSA) is 145 Å². The van der Waals surface area contributed by atoms with Gasteiger partial charge in [-0.1, -0.05) is 32.7 Å². The number of carbonyl (C=O) groups is 2. The van der Waals surface area contributed by atoms with Crippen molar-refractivity contribution in [3.63, 3.8) is 0 Å². The van der Waals surface area contributed by atoms with Crippen molar-refractivity contribution in [2.75, 3.05) is 13.2 Å². The highest BCUT2D eigenvalue weighted by Crippen LogP contribution is 2.84. The van der Waals surface area contributed by atoms with Gasteiger partial charge in [-0.3, -0.25) is 0 Å². The van der Waals surface area contributed by atoms with E-state index in [0.29, 0.717) is 18.7 Å². The van der Waals surface area contributed by atoms with Crippen LogP contribution in [-0.2, 0) is 42.1 Å². The molecule has 1 aromatic rings. The van der Waals surface area contributed by atoms with E-state index < -0.39 is 33.8 Å². The number of nitro groups is 1. The third-order valence-corrected chi connectivity index (χ3v) is 11.9. The van der Waals surface area contributed by atoms with E-state index in [1.54, 1.807) is 0 Å². The van der Waals surface area contributed by atoms with Gasteiger partial charge in [-0.15, -0.1) is 0 Å². The van der Waals surface area contributed by atoms with Gasteiger partial charge in [-0.25, -0.2) is 14.2 Å². The predicted molar refractivity (Wildman–Crippen MR) is 136 cm³/mol. The van der Waals surface area contributed by atoms with Crippen molar-refractivity contribution in [3.8, 4) is 0 Å². The minimum atomic E-state index is -0.949. The van der Waals surface area contributed by atoms with Crippen LogP contribution in [0, 0.1) is 38.2 Å². The number of esters is 1. The van der Waals surface area contributed by atoms with E-state index in [4.69, 9.17) is 23.7 Å². The number of ether oxygens (including phenoxy) is 5. The molecular weight excluding hydrogens is 522 g/mol. The summed E-state index contributed by atoms with van der Waals surface area (Å²) in [6, 6.07) is 0. The molecule has 0 radical (unpaired) electrons. The van der Waals surface area contributed by atoms with Crippen LogP contribution in [0.2, 0.25) is 0 Å². The highest BCUT2D eigenvalue weighted by atomic mass is 16.7. The van der Waals surface area contributed by atoms with Crippen LogP contribution in [0.5, 0.6) is 0 Å². The van der Waals surface area contributed by atoms with Gasteiger partial charge in [-0.2, -0.15) is 0 Å². The minimum absolute atomic E-state index is 0.0319. The fourth-order valence-electron chi connectivity index (χ4n) is 9.32. The molecule has 3 aliphatic carbocycles. The molecule has 6 aliphatic rings. The van der Waals surface area contributed by atoms with Crippen molar-refractivity contribution < 1.29 is 38.2 Å². The van der Waals surface area contributed by atoms with Crippen LogP contribution in [0.1, 0.15) is 59.6 Å². The van der Waals surface area contributed by atoms with E-state index in [2.05, 4.69) is 32.7 Å². The van der Waals surface area contributed by atoms with Gasteiger partial charge in [0.2, 0.25) is 0 Å². The van der Waals surface area contributed by atoms with Crippen molar-refractivity contribution in [1.82, 2.24) is 9.55 Å². The molecule has 3 aliphatic heterocycles. The summed E-state index contributed by atoms with van der Waals surface area (Å²) in [6.07, 6.45) is 2.01. The van der Waals surface area contributed by atoms with Crippen LogP contribution < -0.4 is 0 Å². The Balaban J connectivity index is 1.21. The number of cyclic esters (lactones) is 1. The van der Waals surface area contributed by atoms with E-state index in [9.17, 15) is 19.7 Å². The van der Waals surface area contributed by atoms with E-state index in [0.717, 1.165) is 24.0 Å². The predicted octanol–water partition coefficient (Wildman–Crippen LogP) is 3.61. The van der Waals surface area contributed by atoms with Gasteiger partial charge >= 0.3 is 18.1 Å². The first-order valence-corrected chi connectivity index (χ1v) is 14.0. The fraction of sp³-hybridized carbons (Fsp3) is 0.750. The van der Waals surface area contributed by atoms with Crippen LogP contribution >= 0.6 is 0 Å². The van der Waals surface area contributed by atoms with E-state index in [1.807, 2.05) is 6.92 Å². The zero-order chi connectivity index (χ0) is 28.6. The zero-order valence-corrected chi connectivity index (χ0v) is 23.6. The summed E-state index contributed by atoms with van der Waals surface area (Å²) in [4.78, 5) is 40.0. The summed E-state index contributed by atoms with van der Waals surface area (Å²) in [6.45, 7) is 11.1. The van der Waals surface area contributed by atoms with Crippen LogP contribution in [0.15, 0.2) is 17.3 Å². The van der Waals surface area contributed by atoms with Gasteiger partial charge < -0.3 is 33.8 Å². The molecule has 4 heterocycles. The Kier molecular flexibility index (Phi) is 4.95. The molecule has 0 aromatic carbocycles. The first-order valence-electron chi connectivity index (χ1n) is 14.0. The molecule has 0 unspecified atom stereocenters. The standard InChI is InChI=1S/C28H35N3O9/c1-14(2)27-9-17(27)19-28(40-19)25(4)8-7-16-18(12-36-20(16)32)24(25,3)13-38-26(28,5)21(27)39-23(33)37-11-15-10-29-22(30(15)6)31(34)35/h10,14,17,19,21H,7-9,11-13H2,1-6H3/t17-,19-,21-,24-,25-,26+,27+,28+/m0/s1. The van der Waals surface area contributed by atoms with Gasteiger partial charge in [0.1, 0.15) is 30.1 Å². The molecule has 7 rings (SSSR count). The van der Waals surface area contributed by atoms with Crippen molar-refractivity contribution in [2.24, 2.45) is 35.1 Å². The summed E-state index contributed by atoms with van der Waals surface area (Å²) in [5.74, 6) is -0.167. The van der Waals surface area contributed by atoms with Gasteiger partial charge in [0.05, 0.1) is 19.8 Å². The molecule has 1 spiro atoms. The van der Waals surface area contributed by atoms with Crippen molar-refractivity contribution in [1.29, 1.82) is 0 Å². The molecule has 12 nitrogen and oxygen atoms in total. The molecular formula is C28H35N3O9. The number of hydrogen-bond donors (Lipinski definition) is 0. The first kappa shape index (κ1) is 25.9. The first-order chi connectivity index (χ1) is 18.8. The molecule has 1 aromatic heterocycles. The molecule has 12 heteroatoms. The average Bonchev–Trinajstić information content (AvgIpc) is 3.75. The number of epoxide rings is 1. The summed E-state index contributed by atoms with van der Waals surface area (Å²) in [5, 5.41) is 11.1. The minimum Gasteiger partial charge on any atom is -0.458 e. The van der Waals surface area contributed by atoms with Crippen LogP contribution in [0.25, 0.3) is 0 Å². The normalized spacial score (nSPS) is 44.1. The number of nitrogens with zero attached hydrogens (tertiary/aromatic N) is 3. The third-order valence-electron chi connectivity index (χ3n) is 11.9. The lowest BCUT2D eigenvalue weighted by Gasteiger charge is -2.64. The summed E-state index contributed by atoms with van der Waals surface area (Å²) in [5.41, 5.74) is -0.664. The molecule has 2 saturated heterocycles. The maximum atomic E-state index is 13.2. The highest BCUT2D eigenvalue weighted by molar-refractivity contribution is 5.92. The third kappa shape index (κ3) is 2.72. The Hall–Kier alpha value is -2.99. The average molecular weight is 558 g/mol. The Morgan fingerprint density at radius 1 is 1.32 bits per heavy atom. The molecule has 8 atom stereocenters. The Morgan fingerprint density at radius 3 is 2.75 bits per heavy atom. The second-order valence-electron chi connectivity index (χ2n) is 13.3. The lowest BCUT2D eigenvalue weighted by Crippen LogP contribution is -2.75. The smallest absolute Gasteiger partial charge is 0.458 e. The molecule has 0 amide bonds. The molecule has 4 fully saturated rings. The largest absolute Gasteiger partial charge is 0.509 e. The zero-order valence-electron chi connectivity index (χ0n) is 23.6. The lowest BCUT2D eigenvalue weighted by molar-refractivity contribution is -0.396. The number of fused-ring (bicyclic) bond motifs is 4. The van der Waals surface area contributed by atoms with Gasteiger partial charge in [-0.05, 0) is 48.5 Å². The SMILES string of the molecule is CC(C)[C@]12C[C@H]1[C@@H]1O[C@@]13[C@@]1(C)CCC4=C(COC4=O)[C@]1(C)CO[C@]3(C)[C@@H]2OC(=O)OCc1cnc([N+](=O)[O-])n1C. The summed E-state index contributed by atoms with van der Waals surface area (Å²) in [7, 11) is 1.50. The van der Waals surface area contributed by atoms with E-state index in [-0.39, 0.29) is 53.9 Å². The molecule has 2 saturated carbocycles. The molecule has 216 valence electrons. The summed E-state index contributed by atoms with van der Waals surface area (Å²) >= 11 is 0. The number of hydrogen-bond acceptors (Lipinski definition) is 10. The Labute approximate surface area is 231 Å². The maximum absolute atomic E-state index is 13.2. The Morgan fingerprint density at radius 2 is 2.08 bits per heavy atom. The number of carbonyl (C=O) groups excluding carboxylic acids is 2. The van der Waals surface area contributed by atoms with Gasteiger partial charge in [0, 0.05) is 21.8 Å². The quantitative estimate of drug-likeness (QED) is 0.228. The monoisotopic (exact) mass is 557 g/mol. The maximum Gasteiger partial charge on any atom is 0.509 e. The number of imidazole rings is 1. The molecule has 0 N–H and O–H groups in total. The van der Waals surface area contributed by atoms with Crippen molar-refractivity contribution in [3.05, 3.63) is 33.2 Å². The van der Waals surface area contributed by atoms with Crippen LogP contribution in [0.4, 0.5) is 10.7 Å². The van der Waals surface area contributed by atoms with E-state index >= 15 is 0 Å². The van der Waals surface area contributed by atoms with Gasteiger partial charge in [0.25, 0.3) is 0 Å². The lowest BCUT2D eigenvalue weighted by atomic mass is 9.44. The number of rotatable bonds is 5. The van der Waals surface area contributed by atoms with Gasteiger partial charge in [0.15, 0.2) is 12.3 Å². The summed E-state index contributed by atoms with van der Waals surface area (Å²) < 4.78 is 32.1. The van der Waals surface area contributed by atoms with Crippen LogP contribution in [-0.4, -0.2) is 63.2 Å². The molecule has 40 heavy (non-hydrogen) atoms. The highest BCUT2D eigenvalue weighted by Gasteiger charge is 2.94.